The van der Waals surface area contributed by atoms with E-state index in [0.717, 1.165) is 21.7 Å². The summed E-state index contributed by atoms with van der Waals surface area (Å²) < 4.78 is 37.5. The first-order valence-corrected chi connectivity index (χ1v) is 11.2. The number of anilines is 1. The number of carbonyl (C=O) groups excluding carboxylic acids is 1. The number of para-hydroxylation sites is 2. The number of benzene rings is 2. The Balaban J connectivity index is 1.69. The van der Waals surface area contributed by atoms with E-state index in [4.69, 9.17) is 9.47 Å². The van der Waals surface area contributed by atoms with E-state index >= 15 is 0 Å². The number of nitrogens with one attached hydrogen (secondary N) is 1. The molecule has 0 radical (unpaired) electrons. The summed E-state index contributed by atoms with van der Waals surface area (Å²) in [7, 11) is -3.66. The van der Waals surface area contributed by atoms with Crippen LogP contribution in [0.5, 0.6) is 11.5 Å². The van der Waals surface area contributed by atoms with Crippen molar-refractivity contribution in [2.75, 3.05) is 23.7 Å². The Bertz CT molecular complexity index is 1010. The average Bonchev–Trinajstić information content (AvgIpc) is 2.67. The van der Waals surface area contributed by atoms with Gasteiger partial charge in [0, 0.05) is 0 Å². The van der Waals surface area contributed by atoms with Crippen molar-refractivity contribution in [2.45, 2.75) is 32.9 Å². The maximum absolute atomic E-state index is 12.7. The van der Waals surface area contributed by atoms with Crippen molar-refractivity contribution < 1.29 is 22.7 Å². The number of sulfonamides is 1. The molecular weight excluding hydrogens is 392 g/mol. The maximum atomic E-state index is 12.7. The summed E-state index contributed by atoms with van der Waals surface area (Å²) in [5, 5.41) is 2.78. The molecule has 2 unspecified atom stereocenters. The van der Waals surface area contributed by atoms with Gasteiger partial charge < -0.3 is 14.8 Å². The minimum absolute atomic E-state index is 0.210. The van der Waals surface area contributed by atoms with Gasteiger partial charge in [0.1, 0.15) is 18.8 Å². The summed E-state index contributed by atoms with van der Waals surface area (Å²) in [5.41, 5.74) is 2.47. The molecule has 1 N–H and O–H groups in total. The van der Waals surface area contributed by atoms with Crippen LogP contribution in [0.3, 0.4) is 0 Å². The van der Waals surface area contributed by atoms with E-state index in [9.17, 15) is 13.2 Å². The third-order valence-corrected chi connectivity index (χ3v) is 6.15. The van der Waals surface area contributed by atoms with Crippen LogP contribution in [0.25, 0.3) is 0 Å². The SMILES string of the molecule is Cc1ccc(N(C(C)C(=O)NCC2COc3ccccc3O2)S(C)(=O)=O)cc1C. The van der Waals surface area contributed by atoms with Crippen molar-refractivity contribution in [3.8, 4) is 11.5 Å². The molecule has 1 amide bonds. The number of hydrogen-bond donors (Lipinski definition) is 1. The molecule has 29 heavy (non-hydrogen) atoms. The number of nitrogens with zero attached hydrogens (tertiary/aromatic N) is 1. The highest BCUT2D eigenvalue weighted by atomic mass is 32.2. The highest BCUT2D eigenvalue weighted by Gasteiger charge is 2.30. The molecule has 1 aliphatic rings. The van der Waals surface area contributed by atoms with E-state index in [0.29, 0.717) is 23.8 Å². The number of ether oxygens (including phenoxy) is 2. The number of carbonyl (C=O) groups is 1. The largest absolute Gasteiger partial charge is 0.486 e. The van der Waals surface area contributed by atoms with Crippen LogP contribution in [0.4, 0.5) is 5.69 Å². The van der Waals surface area contributed by atoms with Crippen molar-refractivity contribution in [1.29, 1.82) is 0 Å². The average molecular weight is 419 g/mol. The maximum Gasteiger partial charge on any atom is 0.243 e. The monoisotopic (exact) mass is 418 g/mol. The number of hydrogen-bond acceptors (Lipinski definition) is 5. The molecule has 2 aromatic rings. The molecule has 0 saturated heterocycles. The summed E-state index contributed by atoms with van der Waals surface area (Å²) in [6.07, 6.45) is 0.746. The van der Waals surface area contributed by atoms with Gasteiger partial charge in [0.05, 0.1) is 18.5 Å². The first kappa shape index (κ1) is 21.0. The van der Waals surface area contributed by atoms with Crippen LogP contribution in [-0.2, 0) is 14.8 Å². The smallest absolute Gasteiger partial charge is 0.243 e. The molecule has 2 atom stereocenters. The van der Waals surface area contributed by atoms with Gasteiger partial charge in [0.25, 0.3) is 0 Å². The van der Waals surface area contributed by atoms with Gasteiger partial charge >= 0.3 is 0 Å². The molecule has 8 heteroatoms. The van der Waals surface area contributed by atoms with Crippen LogP contribution in [0.15, 0.2) is 42.5 Å². The van der Waals surface area contributed by atoms with Gasteiger partial charge in [-0.25, -0.2) is 8.42 Å². The second-order valence-electron chi connectivity index (χ2n) is 7.25. The summed E-state index contributed by atoms with van der Waals surface area (Å²) >= 11 is 0. The van der Waals surface area contributed by atoms with E-state index in [1.807, 2.05) is 38.1 Å². The van der Waals surface area contributed by atoms with Crippen LogP contribution < -0.4 is 19.1 Å². The highest BCUT2D eigenvalue weighted by Crippen LogP contribution is 2.30. The third kappa shape index (κ3) is 4.82. The highest BCUT2D eigenvalue weighted by molar-refractivity contribution is 7.92. The normalized spacial score (nSPS) is 16.8. The molecular formula is C21H26N2O5S. The van der Waals surface area contributed by atoms with E-state index in [1.54, 1.807) is 25.1 Å². The lowest BCUT2D eigenvalue weighted by molar-refractivity contribution is -0.122. The van der Waals surface area contributed by atoms with Crippen molar-refractivity contribution in [3.05, 3.63) is 53.6 Å². The molecule has 1 heterocycles. The second-order valence-corrected chi connectivity index (χ2v) is 9.11. The fourth-order valence-corrected chi connectivity index (χ4v) is 4.36. The molecule has 0 aromatic heterocycles. The molecule has 0 aliphatic carbocycles. The summed E-state index contributed by atoms with van der Waals surface area (Å²) in [6.45, 7) is 5.94. The van der Waals surface area contributed by atoms with Gasteiger partial charge in [0.15, 0.2) is 11.5 Å². The van der Waals surface area contributed by atoms with Crippen molar-refractivity contribution >= 4 is 21.6 Å². The van der Waals surface area contributed by atoms with Gasteiger partial charge in [-0.15, -0.1) is 0 Å². The Morgan fingerprint density at radius 1 is 1.17 bits per heavy atom. The third-order valence-electron chi connectivity index (χ3n) is 4.90. The lowest BCUT2D eigenvalue weighted by atomic mass is 10.1. The van der Waals surface area contributed by atoms with Gasteiger partial charge in [-0.3, -0.25) is 9.10 Å². The Morgan fingerprint density at radius 3 is 2.52 bits per heavy atom. The zero-order valence-electron chi connectivity index (χ0n) is 17.0. The van der Waals surface area contributed by atoms with E-state index in [2.05, 4.69) is 5.32 Å². The number of rotatable bonds is 6. The van der Waals surface area contributed by atoms with Gasteiger partial charge in [-0.1, -0.05) is 18.2 Å². The first-order valence-electron chi connectivity index (χ1n) is 9.39. The van der Waals surface area contributed by atoms with Crippen molar-refractivity contribution in [1.82, 2.24) is 5.32 Å². The van der Waals surface area contributed by atoms with Crippen molar-refractivity contribution in [2.24, 2.45) is 0 Å². The van der Waals surface area contributed by atoms with E-state index < -0.39 is 22.0 Å². The zero-order chi connectivity index (χ0) is 21.2. The number of amides is 1. The summed E-state index contributed by atoms with van der Waals surface area (Å²) in [6, 6.07) is 11.7. The van der Waals surface area contributed by atoms with Crippen LogP contribution in [0.2, 0.25) is 0 Å². The zero-order valence-corrected chi connectivity index (χ0v) is 17.8. The molecule has 156 valence electrons. The van der Waals surface area contributed by atoms with E-state index in [-0.39, 0.29) is 12.6 Å². The first-order chi connectivity index (χ1) is 13.7. The van der Waals surface area contributed by atoms with Crippen LogP contribution in [0, 0.1) is 13.8 Å². The fourth-order valence-electron chi connectivity index (χ4n) is 3.20. The molecule has 2 aromatic carbocycles. The molecule has 0 bridgehead atoms. The lowest BCUT2D eigenvalue weighted by Crippen LogP contribution is -2.50. The minimum atomic E-state index is -3.66. The van der Waals surface area contributed by atoms with E-state index in [1.165, 1.54) is 0 Å². The fraction of sp³-hybridized carbons (Fsp3) is 0.381. The lowest BCUT2D eigenvalue weighted by Gasteiger charge is -2.30. The summed E-state index contributed by atoms with van der Waals surface area (Å²) in [5.74, 6) is 0.886. The Hall–Kier alpha value is -2.74. The molecule has 0 spiro atoms. The van der Waals surface area contributed by atoms with Crippen LogP contribution in [0.1, 0.15) is 18.1 Å². The molecule has 0 fully saturated rings. The minimum Gasteiger partial charge on any atom is -0.486 e. The van der Waals surface area contributed by atoms with Crippen molar-refractivity contribution in [3.63, 3.8) is 0 Å². The predicted molar refractivity (Wildman–Crippen MR) is 112 cm³/mol. The van der Waals surface area contributed by atoms with Gasteiger partial charge in [0.2, 0.25) is 15.9 Å². The predicted octanol–water partition coefficient (Wildman–Crippen LogP) is 2.41. The van der Waals surface area contributed by atoms with Crippen LogP contribution >= 0.6 is 0 Å². The molecule has 1 aliphatic heterocycles. The standard InChI is InChI=1S/C21H26N2O5S/c1-14-9-10-17(11-15(14)2)23(29(4,25)26)16(3)21(24)22-12-18-13-27-19-7-5-6-8-20(19)28-18/h5-11,16,18H,12-13H2,1-4H3,(H,22,24). The molecule has 7 nitrogen and oxygen atoms in total. The van der Waals surface area contributed by atoms with Crippen LogP contribution in [-0.4, -0.2) is 45.9 Å². The van der Waals surface area contributed by atoms with Gasteiger partial charge in [-0.2, -0.15) is 0 Å². The topological polar surface area (TPSA) is 84.9 Å². The second kappa shape index (κ2) is 8.32. The Kier molecular flexibility index (Phi) is 6.02. The Morgan fingerprint density at radius 2 is 1.86 bits per heavy atom. The number of aryl methyl sites for hydroxylation is 2. The van der Waals surface area contributed by atoms with Gasteiger partial charge in [-0.05, 0) is 56.2 Å². The molecule has 3 rings (SSSR count). The number of fused-ring (bicyclic) bond motifs is 1. The quantitative estimate of drug-likeness (QED) is 0.779. The Labute approximate surface area is 171 Å². The summed E-state index contributed by atoms with van der Waals surface area (Å²) in [4.78, 5) is 12.7. The molecule has 0 saturated carbocycles.